The van der Waals surface area contributed by atoms with Crippen LogP contribution in [0.2, 0.25) is 0 Å². The Hall–Kier alpha value is -3.21. The molecule has 1 saturated heterocycles. The molecule has 4 heterocycles. The number of rotatable bonds is 6. The van der Waals surface area contributed by atoms with E-state index in [1.165, 1.54) is 0 Å². The van der Waals surface area contributed by atoms with Crippen molar-refractivity contribution in [1.29, 1.82) is 0 Å². The minimum Gasteiger partial charge on any atom is -0.482 e. The summed E-state index contributed by atoms with van der Waals surface area (Å²) in [5, 5.41) is 16.1. The first-order chi connectivity index (χ1) is 19.4. The average Bonchev–Trinajstić information content (AvgIpc) is 3.31. The first kappa shape index (κ1) is 27.0. The number of amides is 2. The third-order valence-electron chi connectivity index (χ3n) is 8.22. The van der Waals surface area contributed by atoms with Gasteiger partial charge in [0.25, 0.3) is 5.91 Å². The smallest absolute Gasteiger partial charge is 0.265 e. The van der Waals surface area contributed by atoms with Gasteiger partial charge < -0.3 is 24.5 Å². The third-order valence-corrected chi connectivity index (χ3v) is 8.75. The van der Waals surface area contributed by atoms with Crippen LogP contribution in [0.1, 0.15) is 31.0 Å². The van der Waals surface area contributed by atoms with Gasteiger partial charge in [-0.25, -0.2) is 0 Å². The van der Waals surface area contributed by atoms with Crippen LogP contribution in [0, 0.1) is 0 Å². The number of hydrogen-bond donors (Lipinski definition) is 1. The summed E-state index contributed by atoms with van der Waals surface area (Å²) in [6.07, 6.45) is 1.82. The minimum absolute atomic E-state index is 0.00515. The molecule has 1 aromatic heterocycles. The number of aliphatic hydroxyl groups excluding tert-OH is 1. The van der Waals surface area contributed by atoms with Crippen LogP contribution in [0.25, 0.3) is 11.3 Å². The zero-order valence-electron chi connectivity index (χ0n) is 22.6. The maximum atomic E-state index is 12.7. The Morgan fingerprint density at radius 2 is 1.85 bits per heavy atom. The molecule has 3 aliphatic heterocycles. The van der Waals surface area contributed by atoms with Crippen LogP contribution in [0.15, 0.2) is 53.0 Å². The molecule has 0 saturated carbocycles. The van der Waals surface area contributed by atoms with Crippen LogP contribution >= 0.6 is 15.9 Å². The van der Waals surface area contributed by atoms with Crippen molar-refractivity contribution < 1.29 is 19.4 Å². The van der Waals surface area contributed by atoms with E-state index in [4.69, 9.17) is 9.84 Å². The molecule has 210 valence electrons. The van der Waals surface area contributed by atoms with E-state index in [9.17, 15) is 14.7 Å². The highest BCUT2D eigenvalue weighted by molar-refractivity contribution is 9.10. The second kappa shape index (κ2) is 11.3. The molecule has 2 aromatic carbocycles. The van der Waals surface area contributed by atoms with E-state index in [0.717, 1.165) is 64.4 Å². The van der Waals surface area contributed by atoms with Gasteiger partial charge in [-0.3, -0.25) is 14.3 Å². The van der Waals surface area contributed by atoms with Gasteiger partial charge in [-0.2, -0.15) is 5.10 Å². The van der Waals surface area contributed by atoms with Crippen molar-refractivity contribution in [2.24, 2.45) is 0 Å². The number of hydrogen-bond acceptors (Lipinski definition) is 6. The van der Waals surface area contributed by atoms with E-state index in [-0.39, 0.29) is 24.5 Å². The highest BCUT2D eigenvalue weighted by atomic mass is 79.9. The lowest BCUT2D eigenvalue weighted by Gasteiger charge is -2.41. The Morgan fingerprint density at radius 3 is 2.60 bits per heavy atom. The Balaban J connectivity index is 1.12. The zero-order valence-corrected chi connectivity index (χ0v) is 24.2. The standard InChI is InChI=1S/C30H34BrN5O4/c1-20(37)34-15-12-26-25(18-34)30(21-6-8-22(31)9-7-21)32-35(26)17-24(38)16-33-13-10-23(11-14-33)36-27-4-2-3-5-28(27)40-19-29(36)39/h2-9,23-24,38H,10-19H2,1H3. The molecule has 3 aromatic rings. The molecule has 9 nitrogen and oxygen atoms in total. The van der Waals surface area contributed by atoms with Gasteiger partial charge in [0.05, 0.1) is 24.0 Å². The number of halogens is 1. The number of carbonyl (C=O) groups is 2. The molecule has 0 spiro atoms. The fourth-order valence-electron chi connectivity index (χ4n) is 6.19. The van der Waals surface area contributed by atoms with Crippen LogP contribution in [0.4, 0.5) is 5.69 Å². The fraction of sp³-hybridized carbons (Fsp3) is 0.433. The largest absolute Gasteiger partial charge is 0.482 e. The molecule has 10 heteroatoms. The van der Waals surface area contributed by atoms with E-state index in [1.54, 1.807) is 6.92 Å². The normalized spacial score (nSPS) is 18.7. The maximum Gasteiger partial charge on any atom is 0.265 e. The summed E-state index contributed by atoms with van der Waals surface area (Å²) < 4.78 is 8.56. The van der Waals surface area contributed by atoms with Gasteiger partial charge in [0.15, 0.2) is 6.61 Å². The summed E-state index contributed by atoms with van der Waals surface area (Å²) in [5.41, 5.74) is 4.88. The molecule has 0 bridgehead atoms. The zero-order chi connectivity index (χ0) is 27.8. The number of ether oxygens (including phenoxy) is 1. The minimum atomic E-state index is -0.588. The van der Waals surface area contributed by atoms with Crippen molar-refractivity contribution in [3.05, 3.63) is 64.3 Å². The number of benzene rings is 2. The Morgan fingerprint density at radius 1 is 1.10 bits per heavy atom. The second-order valence-corrected chi connectivity index (χ2v) is 11.8. The van der Waals surface area contributed by atoms with Crippen LogP contribution in [0.3, 0.4) is 0 Å². The third kappa shape index (κ3) is 5.40. The summed E-state index contributed by atoms with van der Waals surface area (Å²) in [7, 11) is 0. The van der Waals surface area contributed by atoms with Crippen molar-refractivity contribution in [1.82, 2.24) is 19.6 Å². The Kier molecular flexibility index (Phi) is 7.65. The molecule has 0 aliphatic carbocycles. The lowest BCUT2D eigenvalue weighted by molar-refractivity contribution is -0.129. The molecule has 2 amide bonds. The van der Waals surface area contributed by atoms with Gasteiger partial charge in [0.2, 0.25) is 5.91 Å². The van der Waals surface area contributed by atoms with Gasteiger partial charge in [0, 0.05) is 73.4 Å². The monoisotopic (exact) mass is 607 g/mol. The van der Waals surface area contributed by atoms with Crippen LogP contribution in [0.5, 0.6) is 5.75 Å². The topological polar surface area (TPSA) is 91.1 Å². The van der Waals surface area contributed by atoms with Crippen LogP contribution in [-0.2, 0) is 29.1 Å². The summed E-state index contributed by atoms with van der Waals surface area (Å²) >= 11 is 3.50. The Bertz CT molecular complexity index is 1400. The van der Waals surface area contributed by atoms with Crippen molar-refractivity contribution in [2.75, 3.05) is 37.7 Å². The van der Waals surface area contributed by atoms with Crippen molar-refractivity contribution in [3.8, 4) is 17.0 Å². The van der Waals surface area contributed by atoms with E-state index in [1.807, 2.05) is 63.0 Å². The molecule has 1 unspecified atom stereocenters. The number of aliphatic hydroxyl groups is 1. The molecule has 6 rings (SSSR count). The summed E-state index contributed by atoms with van der Waals surface area (Å²) in [5.74, 6) is 0.827. The first-order valence-corrected chi connectivity index (χ1v) is 14.7. The highest BCUT2D eigenvalue weighted by Crippen LogP contribution is 2.35. The van der Waals surface area contributed by atoms with E-state index in [2.05, 4.69) is 20.8 Å². The van der Waals surface area contributed by atoms with E-state index in [0.29, 0.717) is 32.6 Å². The molecular formula is C30H34BrN5O4. The van der Waals surface area contributed by atoms with Gasteiger partial charge in [-0.15, -0.1) is 0 Å². The predicted molar refractivity (Wildman–Crippen MR) is 155 cm³/mol. The summed E-state index contributed by atoms with van der Waals surface area (Å²) in [4.78, 5) is 30.9. The fourth-order valence-corrected chi connectivity index (χ4v) is 6.45. The van der Waals surface area contributed by atoms with Gasteiger partial charge in [-0.1, -0.05) is 40.2 Å². The SMILES string of the molecule is CC(=O)N1CCc2c(c(-c3ccc(Br)cc3)nn2CC(O)CN2CCC(N3C(=O)COc4ccccc43)CC2)C1. The van der Waals surface area contributed by atoms with Crippen LogP contribution < -0.4 is 9.64 Å². The second-order valence-electron chi connectivity index (χ2n) is 10.9. The average molecular weight is 609 g/mol. The van der Waals surface area contributed by atoms with Gasteiger partial charge in [-0.05, 0) is 37.1 Å². The van der Waals surface area contributed by atoms with Crippen molar-refractivity contribution in [3.63, 3.8) is 0 Å². The molecule has 1 N–H and O–H groups in total. The lowest BCUT2D eigenvalue weighted by atomic mass is 10.0. The maximum absolute atomic E-state index is 12.7. The number of aromatic nitrogens is 2. The lowest BCUT2D eigenvalue weighted by Crippen LogP contribution is -2.51. The number of fused-ring (bicyclic) bond motifs is 2. The highest BCUT2D eigenvalue weighted by Gasteiger charge is 2.34. The molecule has 1 atom stereocenters. The van der Waals surface area contributed by atoms with Crippen molar-refractivity contribution >= 4 is 33.4 Å². The number of nitrogens with zero attached hydrogens (tertiary/aromatic N) is 5. The molecular weight excluding hydrogens is 574 g/mol. The number of likely N-dealkylation sites (tertiary alicyclic amines) is 1. The Labute approximate surface area is 242 Å². The number of anilines is 1. The number of β-amino-alcohol motifs (C(OH)–C–C–N with tert-alkyl or cyclic N) is 1. The molecule has 3 aliphatic rings. The quantitative estimate of drug-likeness (QED) is 0.461. The van der Waals surface area contributed by atoms with Crippen molar-refractivity contribution in [2.45, 2.75) is 51.4 Å². The number of piperidine rings is 1. The van der Waals surface area contributed by atoms with Crippen LogP contribution in [-0.4, -0.2) is 81.4 Å². The number of para-hydroxylation sites is 2. The molecule has 40 heavy (non-hydrogen) atoms. The first-order valence-electron chi connectivity index (χ1n) is 13.9. The van der Waals surface area contributed by atoms with Gasteiger partial charge in [0.1, 0.15) is 5.75 Å². The summed E-state index contributed by atoms with van der Waals surface area (Å²) in [6.45, 7) is 5.43. The predicted octanol–water partition coefficient (Wildman–Crippen LogP) is 3.47. The number of carbonyl (C=O) groups excluding carboxylic acids is 2. The van der Waals surface area contributed by atoms with E-state index >= 15 is 0 Å². The molecule has 1 fully saturated rings. The summed E-state index contributed by atoms with van der Waals surface area (Å²) in [6, 6.07) is 15.9. The molecule has 0 radical (unpaired) electrons. The van der Waals surface area contributed by atoms with Gasteiger partial charge >= 0.3 is 0 Å². The van der Waals surface area contributed by atoms with E-state index < -0.39 is 6.10 Å².